The van der Waals surface area contributed by atoms with Crippen LogP contribution in [0.4, 0.5) is 8.78 Å². The molecule has 0 unspecified atom stereocenters. The number of nitrogens with two attached hydrogens (primary N) is 1. The standard InChI is InChI=1S/C16H20BrF2NO/c17-14-6-7-15(21-16(18)19)12(9-14)8-13(10-20)11-4-2-1-3-5-11/h6-9,11,16H,1-5,10,20H2/b13-8-. The summed E-state index contributed by atoms with van der Waals surface area (Å²) < 4.78 is 30.4. The summed E-state index contributed by atoms with van der Waals surface area (Å²) >= 11 is 3.37. The van der Waals surface area contributed by atoms with Gasteiger partial charge in [0, 0.05) is 16.6 Å². The first-order valence-electron chi connectivity index (χ1n) is 7.25. The zero-order valence-electron chi connectivity index (χ0n) is 11.8. The van der Waals surface area contributed by atoms with E-state index in [0.29, 0.717) is 18.0 Å². The fraction of sp³-hybridized carbons (Fsp3) is 0.500. The second-order valence-corrected chi connectivity index (χ2v) is 6.23. The van der Waals surface area contributed by atoms with Crippen molar-refractivity contribution in [2.45, 2.75) is 38.7 Å². The maximum atomic E-state index is 12.5. The Morgan fingerprint density at radius 3 is 2.67 bits per heavy atom. The van der Waals surface area contributed by atoms with Gasteiger partial charge in [0.15, 0.2) is 0 Å². The predicted molar refractivity (Wildman–Crippen MR) is 84.4 cm³/mol. The molecule has 1 aliphatic carbocycles. The SMILES string of the molecule is NC/C(=C/c1cc(Br)ccc1OC(F)F)C1CCCCC1. The molecular weight excluding hydrogens is 340 g/mol. The summed E-state index contributed by atoms with van der Waals surface area (Å²) in [7, 11) is 0. The van der Waals surface area contributed by atoms with Crippen LogP contribution in [0.5, 0.6) is 5.75 Å². The Labute approximate surface area is 132 Å². The van der Waals surface area contributed by atoms with Gasteiger partial charge in [-0.2, -0.15) is 8.78 Å². The summed E-state index contributed by atoms with van der Waals surface area (Å²) in [5.74, 6) is 0.650. The molecule has 21 heavy (non-hydrogen) atoms. The first-order chi connectivity index (χ1) is 10.1. The fourth-order valence-electron chi connectivity index (χ4n) is 2.85. The van der Waals surface area contributed by atoms with Crippen LogP contribution in [0, 0.1) is 5.92 Å². The summed E-state index contributed by atoms with van der Waals surface area (Å²) in [6.45, 7) is -2.37. The van der Waals surface area contributed by atoms with Crippen LogP contribution in [0.3, 0.4) is 0 Å². The van der Waals surface area contributed by atoms with Gasteiger partial charge in [0.1, 0.15) is 5.75 Å². The van der Waals surface area contributed by atoms with E-state index in [1.54, 1.807) is 18.2 Å². The Bertz CT molecular complexity index is 499. The Morgan fingerprint density at radius 1 is 1.33 bits per heavy atom. The van der Waals surface area contributed by atoms with Crippen LogP contribution in [0.1, 0.15) is 37.7 Å². The molecule has 0 atom stereocenters. The monoisotopic (exact) mass is 359 g/mol. The molecule has 2 nitrogen and oxygen atoms in total. The van der Waals surface area contributed by atoms with Crippen molar-refractivity contribution >= 4 is 22.0 Å². The molecule has 0 bridgehead atoms. The molecular formula is C16H20BrF2NO. The molecule has 0 radical (unpaired) electrons. The number of rotatable bonds is 5. The highest BCUT2D eigenvalue weighted by atomic mass is 79.9. The molecule has 1 fully saturated rings. The van der Waals surface area contributed by atoms with Gasteiger partial charge in [-0.1, -0.05) is 46.8 Å². The van der Waals surface area contributed by atoms with Crippen molar-refractivity contribution in [3.63, 3.8) is 0 Å². The lowest BCUT2D eigenvalue weighted by Crippen LogP contribution is -2.16. The summed E-state index contributed by atoms with van der Waals surface area (Å²) in [6.07, 6.45) is 7.86. The smallest absolute Gasteiger partial charge is 0.387 e. The van der Waals surface area contributed by atoms with E-state index in [1.807, 2.05) is 6.08 Å². The van der Waals surface area contributed by atoms with E-state index in [9.17, 15) is 8.78 Å². The Kier molecular flexibility index (Phi) is 6.18. The van der Waals surface area contributed by atoms with E-state index in [-0.39, 0.29) is 5.75 Å². The maximum absolute atomic E-state index is 12.5. The molecule has 0 heterocycles. The first-order valence-corrected chi connectivity index (χ1v) is 8.04. The number of alkyl halides is 2. The summed E-state index contributed by atoms with van der Waals surface area (Å²) in [5.41, 5.74) is 7.64. The van der Waals surface area contributed by atoms with Crippen LogP contribution >= 0.6 is 15.9 Å². The van der Waals surface area contributed by atoms with E-state index >= 15 is 0 Å². The first kappa shape index (κ1) is 16.4. The molecule has 0 amide bonds. The Balaban J connectivity index is 2.29. The van der Waals surface area contributed by atoms with Crippen molar-refractivity contribution in [2.24, 2.45) is 11.7 Å². The third-order valence-corrected chi connectivity index (χ3v) is 4.39. The molecule has 0 saturated heterocycles. The lowest BCUT2D eigenvalue weighted by atomic mass is 9.83. The molecule has 1 saturated carbocycles. The lowest BCUT2D eigenvalue weighted by Gasteiger charge is -2.24. The number of benzene rings is 1. The third kappa shape index (κ3) is 4.78. The maximum Gasteiger partial charge on any atom is 0.387 e. The highest BCUT2D eigenvalue weighted by molar-refractivity contribution is 9.10. The largest absolute Gasteiger partial charge is 0.434 e. The number of ether oxygens (including phenoxy) is 1. The van der Waals surface area contributed by atoms with Gasteiger partial charge in [-0.3, -0.25) is 0 Å². The Hall–Kier alpha value is -0.940. The van der Waals surface area contributed by atoms with Crippen molar-refractivity contribution < 1.29 is 13.5 Å². The van der Waals surface area contributed by atoms with Crippen molar-refractivity contribution in [1.29, 1.82) is 0 Å². The molecule has 0 aromatic heterocycles. The van der Waals surface area contributed by atoms with E-state index in [0.717, 1.165) is 22.9 Å². The molecule has 2 N–H and O–H groups in total. The van der Waals surface area contributed by atoms with E-state index in [1.165, 1.54) is 19.3 Å². The number of halogens is 3. The van der Waals surface area contributed by atoms with Crippen LogP contribution in [-0.2, 0) is 0 Å². The van der Waals surface area contributed by atoms with Gasteiger partial charge in [0.25, 0.3) is 0 Å². The van der Waals surface area contributed by atoms with Gasteiger partial charge in [-0.25, -0.2) is 0 Å². The van der Waals surface area contributed by atoms with Crippen LogP contribution in [0.2, 0.25) is 0 Å². The van der Waals surface area contributed by atoms with Crippen molar-refractivity contribution in [3.05, 3.63) is 33.8 Å². The minimum absolute atomic E-state index is 0.190. The minimum atomic E-state index is -2.82. The molecule has 1 aliphatic rings. The average Bonchev–Trinajstić information content (AvgIpc) is 2.48. The molecule has 116 valence electrons. The molecule has 0 spiro atoms. The van der Waals surface area contributed by atoms with E-state index in [4.69, 9.17) is 5.73 Å². The van der Waals surface area contributed by atoms with Gasteiger partial charge in [0.2, 0.25) is 0 Å². The highest BCUT2D eigenvalue weighted by Gasteiger charge is 2.18. The second kappa shape index (κ2) is 7.90. The summed E-state index contributed by atoms with van der Waals surface area (Å²) in [6, 6.07) is 5.03. The van der Waals surface area contributed by atoms with Gasteiger partial charge in [-0.15, -0.1) is 0 Å². The van der Waals surface area contributed by atoms with Crippen molar-refractivity contribution in [2.75, 3.05) is 6.54 Å². The second-order valence-electron chi connectivity index (χ2n) is 5.32. The molecule has 0 aliphatic heterocycles. The quantitative estimate of drug-likeness (QED) is 0.804. The van der Waals surface area contributed by atoms with E-state index in [2.05, 4.69) is 20.7 Å². The van der Waals surface area contributed by atoms with Crippen molar-refractivity contribution in [3.8, 4) is 5.75 Å². The predicted octanol–water partition coefficient (Wildman–Crippen LogP) is 4.97. The van der Waals surface area contributed by atoms with Crippen molar-refractivity contribution in [1.82, 2.24) is 0 Å². The average molecular weight is 360 g/mol. The molecule has 1 aromatic rings. The molecule has 2 rings (SSSR count). The molecule has 5 heteroatoms. The fourth-order valence-corrected chi connectivity index (χ4v) is 3.23. The minimum Gasteiger partial charge on any atom is -0.434 e. The van der Waals surface area contributed by atoms with Crippen LogP contribution in [0.25, 0.3) is 6.08 Å². The van der Waals surface area contributed by atoms with Crippen LogP contribution in [-0.4, -0.2) is 13.2 Å². The molecule has 1 aromatic carbocycles. The van der Waals surface area contributed by atoms with E-state index < -0.39 is 6.61 Å². The van der Waals surface area contributed by atoms with Crippen LogP contribution in [0.15, 0.2) is 28.2 Å². The van der Waals surface area contributed by atoms with Crippen LogP contribution < -0.4 is 10.5 Å². The van der Waals surface area contributed by atoms with Gasteiger partial charge in [0.05, 0.1) is 0 Å². The van der Waals surface area contributed by atoms with Gasteiger partial charge < -0.3 is 10.5 Å². The Morgan fingerprint density at radius 2 is 2.05 bits per heavy atom. The zero-order chi connectivity index (χ0) is 15.2. The topological polar surface area (TPSA) is 35.2 Å². The lowest BCUT2D eigenvalue weighted by molar-refractivity contribution is -0.0500. The normalized spacial score (nSPS) is 17.3. The highest BCUT2D eigenvalue weighted by Crippen LogP contribution is 2.33. The number of hydrogen-bond donors (Lipinski definition) is 1. The summed E-state index contributed by atoms with van der Waals surface area (Å²) in [4.78, 5) is 0. The van der Waals surface area contributed by atoms with Gasteiger partial charge >= 0.3 is 6.61 Å². The third-order valence-electron chi connectivity index (χ3n) is 3.89. The zero-order valence-corrected chi connectivity index (χ0v) is 13.4. The number of hydrogen-bond acceptors (Lipinski definition) is 2. The van der Waals surface area contributed by atoms with Gasteiger partial charge in [-0.05, 0) is 37.0 Å². The summed E-state index contributed by atoms with van der Waals surface area (Å²) in [5, 5.41) is 0.